The molecule has 1 saturated heterocycles. The van der Waals surface area contributed by atoms with Gasteiger partial charge < -0.3 is 9.64 Å². The van der Waals surface area contributed by atoms with Crippen LogP contribution in [0, 0.1) is 5.92 Å². The number of rotatable bonds is 6. The van der Waals surface area contributed by atoms with Crippen LogP contribution in [0.25, 0.3) is 0 Å². The zero-order chi connectivity index (χ0) is 15.7. The van der Waals surface area contributed by atoms with Crippen LogP contribution < -0.4 is 0 Å². The first-order valence-electron chi connectivity index (χ1n) is 7.46. The molecule has 0 N–H and O–H groups in total. The first-order valence-corrected chi connectivity index (χ1v) is 11.2. The summed E-state index contributed by atoms with van der Waals surface area (Å²) >= 11 is 0. The second-order valence-corrected chi connectivity index (χ2v) is 12.7. The lowest BCUT2D eigenvalue weighted by molar-refractivity contribution is -0.134. The Bertz CT molecular complexity index is 426. The lowest BCUT2D eigenvalue weighted by Crippen LogP contribution is -2.23. The molecule has 1 fully saturated rings. The Morgan fingerprint density at radius 3 is 2.52 bits per heavy atom. The van der Waals surface area contributed by atoms with Crippen molar-refractivity contribution in [2.45, 2.75) is 44.3 Å². The fourth-order valence-corrected chi connectivity index (χ4v) is 3.06. The molecule has 120 valence electrons. The van der Waals surface area contributed by atoms with E-state index in [1.165, 1.54) is 4.90 Å². The highest BCUT2D eigenvalue weighted by Crippen LogP contribution is 2.39. The molecule has 2 nitrogen and oxygen atoms in total. The van der Waals surface area contributed by atoms with Gasteiger partial charge in [0.05, 0.1) is 6.61 Å². The maximum atomic E-state index is 12.5. The van der Waals surface area contributed by atoms with Crippen LogP contribution in [-0.2, 0) is 4.74 Å². The topological polar surface area (TPSA) is 12.2 Å². The lowest BCUT2D eigenvalue weighted by Gasteiger charge is -2.20. The van der Waals surface area contributed by atoms with Gasteiger partial charge in [-0.05, 0) is 18.5 Å². The van der Waals surface area contributed by atoms with Crippen LogP contribution in [0.5, 0.6) is 0 Å². The van der Waals surface area contributed by atoms with Crippen LogP contribution >= 0.6 is 0 Å². The lowest BCUT2D eigenvalue weighted by atomic mass is 10.0. The van der Waals surface area contributed by atoms with Gasteiger partial charge in [-0.1, -0.05) is 31.8 Å². The third kappa shape index (κ3) is 5.18. The van der Waals surface area contributed by atoms with E-state index >= 15 is 0 Å². The van der Waals surface area contributed by atoms with E-state index in [-0.39, 0.29) is 6.54 Å². The largest absolute Gasteiger partial charge is 0.410 e. The first-order chi connectivity index (χ1) is 9.67. The Hall–Kier alpha value is -0.753. The van der Waals surface area contributed by atoms with Crippen molar-refractivity contribution in [2.75, 3.05) is 19.8 Å². The molecule has 1 heterocycles. The van der Waals surface area contributed by atoms with E-state index in [0.29, 0.717) is 18.2 Å². The van der Waals surface area contributed by atoms with Crippen molar-refractivity contribution in [3.8, 4) is 0 Å². The van der Waals surface area contributed by atoms with Crippen molar-refractivity contribution in [3.05, 3.63) is 23.9 Å². The Morgan fingerprint density at radius 1 is 1.33 bits per heavy atom. The maximum Gasteiger partial charge on any atom is 0.410 e. The Kier molecular flexibility index (Phi) is 4.88. The summed E-state index contributed by atoms with van der Waals surface area (Å²) in [5.41, 5.74) is 0.704. The first kappa shape index (κ1) is 16.6. The SMILES string of the molecule is C[Si](C)(C)CCOCC1C=CC(N2CC2C(F)(F)F)=CC1. The molecular formula is C15H24F3NOSi. The highest BCUT2D eigenvalue weighted by molar-refractivity contribution is 6.76. The molecule has 0 radical (unpaired) electrons. The average molecular weight is 319 g/mol. The minimum atomic E-state index is -4.11. The Morgan fingerprint density at radius 2 is 2.05 bits per heavy atom. The number of ether oxygens (including phenoxy) is 1. The minimum absolute atomic E-state index is 0.0943. The van der Waals surface area contributed by atoms with E-state index < -0.39 is 20.3 Å². The van der Waals surface area contributed by atoms with Crippen LogP contribution in [-0.4, -0.2) is 45.0 Å². The van der Waals surface area contributed by atoms with Gasteiger partial charge in [-0.2, -0.15) is 13.2 Å². The zero-order valence-corrected chi connectivity index (χ0v) is 13.9. The van der Waals surface area contributed by atoms with Crippen LogP contribution in [0.3, 0.4) is 0 Å². The fourth-order valence-electron chi connectivity index (χ4n) is 2.31. The van der Waals surface area contributed by atoms with Gasteiger partial charge in [-0.25, -0.2) is 0 Å². The number of allylic oxidation sites excluding steroid dienone is 2. The van der Waals surface area contributed by atoms with E-state index in [1.54, 1.807) is 0 Å². The molecule has 0 aromatic heterocycles. The molecule has 0 aromatic carbocycles. The molecule has 0 saturated carbocycles. The average Bonchev–Trinajstić information content (AvgIpc) is 3.14. The molecule has 0 amide bonds. The molecule has 0 bridgehead atoms. The number of hydrogen-bond acceptors (Lipinski definition) is 2. The smallest absolute Gasteiger partial charge is 0.381 e. The maximum absolute atomic E-state index is 12.5. The van der Waals surface area contributed by atoms with Crippen LogP contribution in [0.2, 0.25) is 25.7 Å². The monoisotopic (exact) mass is 319 g/mol. The van der Waals surface area contributed by atoms with Crippen molar-refractivity contribution >= 4 is 8.07 Å². The van der Waals surface area contributed by atoms with Crippen LogP contribution in [0.15, 0.2) is 23.9 Å². The van der Waals surface area contributed by atoms with Gasteiger partial charge in [0.25, 0.3) is 0 Å². The Balaban J connectivity index is 1.68. The molecule has 0 spiro atoms. The van der Waals surface area contributed by atoms with E-state index in [1.807, 2.05) is 18.2 Å². The standard InChI is InChI=1S/C15H24F3NOSi/c1-21(2,3)9-8-20-11-12-4-6-13(7-5-12)19-10-14(19)15(16,17)18/h4,6-7,12,14H,5,8-11H2,1-3H3. The van der Waals surface area contributed by atoms with Crippen molar-refractivity contribution in [2.24, 2.45) is 5.92 Å². The van der Waals surface area contributed by atoms with Crippen molar-refractivity contribution in [1.29, 1.82) is 0 Å². The highest BCUT2D eigenvalue weighted by Gasteiger charge is 2.54. The van der Waals surface area contributed by atoms with Crippen LogP contribution in [0.4, 0.5) is 13.2 Å². The molecule has 1 aliphatic heterocycles. The van der Waals surface area contributed by atoms with Gasteiger partial charge in [-0.3, -0.25) is 0 Å². The summed E-state index contributed by atoms with van der Waals surface area (Å²) in [4.78, 5) is 1.40. The van der Waals surface area contributed by atoms with Gasteiger partial charge >= 0.3 is 6.18 Å². The summed E-state index contributed by atoms with van der Waals surface area (Å²) in [5, 5.41) is 0. The molecule has 6 heteroatoms. The van der Waals surface area contributed by atoms with Gasteiger partial charge in [0.1, 0.15) is 6.04 Å². The predicted octanol–water partition coefficient (Wildman–Crippen LogP) is 4.05. The highest BCUT2D eigenvalue weighted by atomic mass is 28.3. The summed E-state index contributed by atoms with van der Waals surface area (Å²) < 4.78 is 43.2. The van der Waals surface area contributed by atoms with Crippen molar-refractivity contribution in [3.63, 3.8) is 0 Å². The predicted molar refractivity (Wildman–Crippen MR) is 80.9 cm³/mol. The van der Waals surface area contributed by atoms with Gasteiger partial charge in [0, 0.05) is 32.8 Å². The number of alkyl halides is 3. The van der Waals surface area contributed by atoms with Crippen LogP contribution in [0.1, 0.15) is 6.42 Å². The quantitative estimate of drug-likeness (QED) is 0.416. The molecule has 21 heavy (non-hydrogen) atoms. The molecule has 2 aliphatic rings. The zero-order valence-electron chi connectivity index (χ0n) is 12.9. The van der Waals surface area contributed by atoms with Crippen molar-refractivity contribution < 1.29 is 17.9 Å². The summed E-state index contributed by atoms with van der Waals surface area (Å²) in [6, 6.07) is -0.135. The van der Waals surface area contributed by atoms with E-state index in [9.17, 15) is 13.2 Å². The Labute approximate surface area is 125 Å². The number of halogens is 3. The molecule has 1 aliphatic carbocycles. The number of nitrogens with zero attached hydrogens (tertiary/aromatic N) is 1. The molecular weight excluding hydrogens is 295 g/mol. The third-order valence-corrected chi connectivity index (χ3v) is 5.52. The number of hydrogen-bond donors (Lipinski definition) is 0. The summed E-state index contributed by atoms with van der Waals surface area (Å²) in [6.45, 7) is 8.48. The normalized spacial score (nSPS) is 26.0. The van der Waals surface area contributed by atoms with Gasteiger partial charge in [0.2, 0.25) is 0 Å². The van der Waals surface area contributed by atoms with Gasteiger partial charge in [0.15, 0.2) is 0 Å². The summed E-state index contributed by atoms with van der Waals surface area (Å²) in [5.74, 6) is 0.291. The van der Waals surface area contributed by atoms with E-state index in [0.717, 1.165) is 19.1 Å². The molecule has 2 atom stereocenters. The van der Waals surface area contributed by atoms with Gasteiger partial charge in [-0.15, -0.1) is 0 Å². The summed E-state index contributed by atoms with van der Waals surface area (Å²) in [6.07, 6.45) is 2.35. The second kappa shape index (κ2) is 6.16. The van der Waals surface area contributed by atoms with E-state index in [2.05, 4.69) is 19.6 Å². The second-order valence-electron chi connectivity index (χ2n) is 7.08. The summed E-state index contributed by atoms with van der Waals surface area (Å²) in [7, 11) is -1.06. The van der Waals surface area contributed by atoms with E-state index in [4.69, 9.17) is 4.74 Å². The van der Waals surface area contributed by atoms with Crippen molar-refractivity contribution in [1.82, 2.24) is 4.90 Å². The third-order valence-electron chi connectivity index (χ3n) is 3.82. The molecule has 2 rings (SSSR count). The fraction of sp³-hybridized carbons (Fsp3) is 0.733. The minimum Gasteiger partial charge on any atom is -0.381 e. The molecule has 0 aromatic rings. The molecule has 2 unspecified atom stereocenters.